The van der Waals surface area contributed by atoms with E-state index >= 15 is 0 Å². The maximum atomic E-state index is 12.4. The predicted molar refractivity (Wildman–Crippen MR) is 88.9 cm³/mol. The highest BCUT2D eigenvalue weighted by atomic mass is 16.4. The molecule has 3 aliphatic heterocycles. The number of carbonyl (C=O) groups is 4. The first-order valence-corrected chi connectivity index (χ1v) is 8.24. The van der Waals surface area contributed by atoms with Crippen molar-refractivity contribution in [2.24, 2.45) is 0 Å². The molecule has 2 N–H and O–H groups in total. The summed E-state index contributed by atoms with van der Waals surface area (Å²) < 4.78 is 0. The van der Waals surface area contributed by atoms with Gasteiger partial charge in [0, 0.05) is 57.0 Å². The molecule has 0 aromatic heterocycles. The van der Waals surface area contributed by atoms with Crippen LogP contribution in [0.3, 0.4) is 0 Å². The second kappa shape index (κ2) is 6.66. The molecule has 26 heavy (non-hydrogen) atoms. The van der Waals surface area contributed by atoms with E-state index in [-0.39, 0.29) is 17.1 Å². The number of carboxylic acid groups (broad SMARTS) is 2. The van der Waals surface area contributed by atoms with Gasteiger partial charge in [-0.15, -0.1) is 0 Å². The minimum absolute atomic E-state index is 0.00546. The Bertz CT molecular complexity index is 782. The van der Waals surface area contributed by atoms with Crippen molar-refractivity contribution in [1.29, 1.82) is 0 Å². The molecule has 0 aromatic rings. The lowest BCUT2D eigenvalue weighted by atomic mass is 10.0. The van der Waals surface area contributed by atoms with Crippen molar-refractivity contribution in [3.63, 3.8) is 0 Å². The molecule has 0 bridgehead atoms. The van der Waals surface area contributed by atoms with E-state index in [1.54, 1.807) is 0 Å². The Kier molecular flexibility index (Phi) is 4.54. The third-order valence-corrected chi connectivity index (χ3v) is 4.17. The first kappa shape index (κ1) is 17.7. The fraction of sp³-hybridized carbons (Fsp3) is 0.412. The third kappa shape index (κ3) is 3.93. The molecule has 4 aliphatic rings. The molecule has 3 heterocycles. The number of nitrogens with zero attached hydrogens (tertiary/aromatic N) is 3. The number of Topliss-reactive ketones (excluding diaryl/α,β-unsaturated/α-hetero) is 1. The molecule has 0 radical (unpaired) electrons. The second-order valence-corrected chi connectivity index (χ2v) is 6.35. The Morgan fingerprint density at radius 1 is 0.923 bits per heavy atom. The minimum atomic E-state index is -1.24. The van der Waals surface area contributed by atoms with E-state index in [9.17, 15) is 19.2 Å². The van der Waals surface area contributed by atoms with Crippen molar-refractivity contribution in [3.8, 4) is 0 Å². The molecule has 9 heteroatoms. The zero-order valence-electron chi connectivity index (χ0n) is 14.3. The Morgan fingerprint density at radius 3 is 1.81 bits per heavy atom. The summed E-state index contributed by atoms with van der Waals surface area (Å²) in [7, 11) is 0. The number of carbonyl (C=O) groups excluding carboxylic acids is 2. The van der Waals surface area contributed by atoms with Crippen LogP contribution in [0.15, 0.2) is 34.8 Å². The molecule has 138 valence electrons. The van der Waals surface area contributed by atoms with Gasteiger partial charge < -0.3 is 24.9 Å². The first-order valence-electron chi connectivity index (χ1n) is 8.24. The van der Waals surface area contributed by atoms with Gasteiger partial charge in [0.25, 0.3) is 0 Å². The van der Waals surface area contributed by atoms with Crippen LogP contribution in [0, 0.1) is 0 Å². The Hall–Kier alpha value is -3.10. The van der Waals surface area contributed by atoms with Gasteiger partial charge in [0.05, 0.1) is 5.70 Å². The van der Waals surface area contributed by atoms with Crippen LogP contribution in [0.25, 0.3) is 0 Å². The lowest BCUT2D eigenvalue weighted by molar-refractivity contribution is -0.135. The molecule has 0 unspecified atom stereocenters. The number of allylic oxidation sites excluding steroid dienone is 1. The van der Waals surface area contributed by atoms with Crippen molar-refractivity contribution in [2.45, 2.75) is 6.92 Å². The van der Waals surface area contributed by atoms with E-state index in [0.717, 1.165) is 39.3 Å². The average Bonchev–Trinajstić information content (AvgIpc) is 3.41. The topological polar surface area (TPSA) is 118 Å². The van der Waals surface area contributed by atoms with Crippen LogP contribution in [0.5, 0.6) is 0 Å². The summed E-state index contributed by atoms with van der Waals surface area (Å²) in [5, 5.41) is 16.1. The minimum Gasteiger partial charge on any atom is -0.478 e. The highest BCUT2D eigenvalue weighted by Gasteiger charge is 2.43. The van der Waals surface area contributed by atoms with E-state index < -0.39 is 11.9 Å². The van der Waals surface area contributed by atoms with Crippen LogP contribution in [-0.2, 0) is 19.2 Å². The Morgan fingerprint density at radius 2 is 1.42 bits per heavy atom. The van der Waals surface area contributed by atoms with E-state index in [4.69, 9.17) is 10.2 Å². The summed E-state index contributed by atoms with van der Waals surface area (Å²) in [6.45, 7) is 6.62. The highest BCUT2D eigenvalue weighted by molar-refractivity contribution is 6.22. The van der Waals surface area contributed by atoms with E-state index in [2.05, 4.69) is 0 Å². The smallest absolute Gasteiger partial charge is 0.331 e. The van der Waals surface area contributed by atoms with Crippen molar-refractivity contribution < 1.29 is 29.4 Å². The fourth-order valence-corrected chi connectivity index (χ4v) is 2.52. The molecule has 0 saturated carbocycles. The largest absolute Gasteiger partial charge is 0.478 e. The van der Waals surface area contributed by atoms with Gasteiger partial charge in [0.2, 0.25) is 11.6 Å². The van der Waals surface area contributed by atoms with E-state index in [1.165, 1.54) is 13.0 Å². The zero-order valence-corrected chi connectivity index (χ0v) is 14.3. The van der Waals surface area contributed by atoms with Crippen molar-refractivity contribution in [1.82, 2.24) is 14.7 Å². The van der Waals surface area contributed by atoms with Crippen LogP contribution in [0.2, 0.25) is 0 Å². The Balaban J connectivity index is 0.000000188. The first-order chi connectivity index (χ1) is 12.3. The summed E-state index contributed by atoms with van der Waals surface area (Å²) in [6, 6.07) is 0. The lowest BCUT2D eigenvalue weighted by Gasteiger charge is -2.21. The van der Waals surface area contributed by atoms with Gasteiger partial charge in [-0.25, -0.2) is 9.59 Å². The Labute approximate surface area is 149 Å². The second-order valence-electron chi connectivity index (χ2n) is 6.35. The fourth-order valence-electron chi connectivity index (χ4n) is 2.52. The number of hydrogen-bond acceptors (Lipinski definition) is 7. The number of aliphatic carboxylic acids is 2. The monoisotopic (exact) mass is 361 g/mol. The molecule has 0 atom stereocenters. The molecule has 0 amide bonds. The molecule has 0 spiro atoms. The van der Waals surface area contributed by atoms with Crippen LogP contribution in [-0.4, -0.2) is 87.7 Å². The number of carboxylic acids is 2. The summed E-state index contributed by atoms with van der Waals surface area (Å²) in [4.78, 5) is 50.1. The molecular formula is C17H19N3O6. The van der Waals surface area contributed by atoms with Gasteiger partial charge in [-0.3, -0.25) is 9.59 Å². The number of hydrogen-bond donors (Lipinski definition) is 2. The van der Waals surface area contributed by atoms with Gasteiger partial charge >= 0.3 is 11.9 Å². The summed E-state index contributed by atoms with van der Waals surface area (Å²) in [5.74, 6) is -2.40. The highest BCUT2D eigenvalue weighted by Crippen LogP contribution is 2.33. The molecular weight excluding hydrogens is 342 g/mol. The van der Waals surface area contributed by atoms with Gasteiger partial charge in [0.1, 0.15) is 11.4 Å². The average molecular weight is 361 g/mol. The molecule has 0 aromatic carbocycles. The van der Waals surface area contributed by atoms with Crippen LogP contribution < -0.4 is 0 Å². The van der Waals surface area contributed by atoms with Gasteiger partial charge in [-0.05, 0) is 6.92 Å². The molecule has 4 rings (SSSR count). The zero-order chi connectivity index (χ0) is 19.0. The molecule has 3 fully saturated rings. The maximum Gasteiger partial charge on any atom is 0.331 e. The molecule has 1 aliphatic carbocycles. The lowest BCUT2D eigenvalue weighted by Crippen LogP contribution is -2.29. The number of ketones is 2. The SMILES string of the molecule is C/C(=C/C(=O)O)C(=O)O.O=C1C=C(N2CC2)C(=O)C(N2CC2)=C1N1CC1. The van der Waals surface area contributed by atoms with Crippen molar-refractivity contribution >= 4 is 23.5 Å². The van der Waals surface area contributed by atoms with Gasteiger partial charge in [-0.1, -0.05) is 0 Å². The molecule has 9 nitrogen and oxygen atoms in total. The normalized spacial score (nSPS) is 21.2. The van der Waals surface area contributed by atoms with Gasteiger partial charge in [-0.2, -0.15) is 0 Å². The van der Waals surface area contributed by atoms with Crippen molar-refractivity contribution in [2.75, 3.05) is 39.3 Å². The molecule has 3 saturated heterocycles. The predicted octanol–water partition coefficient (Wildman–Crippen LogP) is -0.718. The maximum absolute atomic E-state index is 12.4. The van der Waals surface area contributed by atoms with Crippen LogP contribution >= 0.6 is 0 Å². The number of rotatable bonds is 5. The van der Waals surface area contributed by atoms with Gasteiger partial charge in [0.15, 0.2) is 0 Å². The van der Waals surface area contributed by atoms with Crippen LogP contribution in [0.1, 0.15) is 6.92 Å². The standard InChI is InChI=1S/C12H13N3O2.C5H6O4/c16-9-7-8(13-1-2-13)12(17)11(15-5-6-15)10(9)14-3-4-14;1-3(5(8)9)2-4(6)7/h7H,1-6H2;2H,1H3,(H,6,7)(H,8,9)/b;3-2-. The van der Waals surface area contributed by atoms with Crippen LogP contribution in [0.4, 0.5) is 0 Å². The summed E-state index contributed by atoms with van der Waals surface area (Å²) in [5.41, 5.74) is 1.71. The quantitative estimate of drug-likeness (QED) is 0.372. The summed E-state index contributed by atoms with van der Waals surface area (Å²) >= 11 is 0. The summed E-state index contributed by atoms with van der Waals surface area (Å²) in [6.07, 6.45) is 2.16. The van der Waals surface area contributed by atoms with E-state index in [0.29, 0.717) is 23.2 Å². The van der Waals surface area contributed by atoms with E-state index in [1.807, 2.05) is 14.7 Å². The third-order valence-electron chi connectivity index (χ3n) is 4.17. The van der Waals surface area contributed by atoms with Crippen molar-refractivity contribution in [3.05, 3.63) is 34.8 Å².